The van der Waals surface area contributed by atoms with Gasteiger partial charge in [-0.05, 0) is 77.4 Å². The molecule has 2 N–H and O–H groups in total. The highest BCUT2D eigenvalue weighted by Gasteiger charge is 2.35. The van der Waals surface area contributed by atoms with Gasteiger partial charge in [-0.2, -0.15) is 8.78 Å². The number of carbonyl (C=O) groups is 2. The predicted molar refractivity (Wildman–Crippen MR) is 171 cm³/mol. The normalized spacial score (nSPS) is 11.9. The van der Waals surface area contributed by atoms with E-state index in [9.17, 15) is 14.7 Å². The van der Waals surface area contributed by atoms with Crippen LogP contribution in [0.2, 0.25) is 0 Å². The summed E-state index contributed by atoms with van der Waals surface area (Å²) in [5.41, 5.74) is 4.26. The number of carboxylic acid groups (broad SMARTS) is 2. The van der Waals surface area contributed by atoms with Crippen LogP contribution in [-0.2, 0) is 29.4 Å². The fraction of sp³-hybridized carbons (Fsp3) is 0.297. The summed E-state index contributed by atoms with van der Waals surface area (Å²) in [6.07, 6.45) is -2.50. The van der Waals surface area contributed by atoms with Crippen molar-refractivity contribution in [3.8, 4) is 16.9 Å². The molecule has 0 saturated heterocycles. The number of halogens is 2. The van der Waals surface area contributed by atoms with Gasteiger partial charge in [-0.25, -0.2) is 4.79 Å². The first-order valence-corrected chi connectivity index (χ1v) is 14.9. The fourth-order valence-electron chi connectivity index (χ4n) is 5.03. The zero-order valence-corrected chi connectivity index (χ0v) is 25.8. The number of nitrogens with zero attached hydrogens (tertiary/aromatic N) is 1. The van der Waals surface area contributed by atoms with Crippen molar-refractivity contribution in [3.63, 3.8) is 0 Å². The second kappa shape index (κ2) is 14.5. The standard InChI is InChI=1S/C37H39F2NO5/c1-36(2,3)31-19-15-27(16-20-31)28-17-21-32(22-18-28)37(38,39)45-33-9-5-4-8-30(33)25-40(23-7-6-10-34(41)42)24-26-11-13-29(14-12-26)35(43)44/h4-5,8-9,11-22H,6-7,10,23-25H2,1-3H3,(H,41,42)(H,43,44). The average Bonchev–Trinajstić information content (AvgIpc) is 3.00. The number of carboxylic acids is 2. The van der Waals surface area contributed by atoms with E-state index in [1.165, 1.54) is 35.9 Å². The van der Waals surface area contributed by atoms with Crippen molar-refractivity contribution in [2.24, 2.45) is 0 Å². The van der Waals surface area contributed by atoms with E-state index in [-0.39, 0.29) is 35.3 Å². The van der Waals surface area contributed by atoms with Crippen LogP contribution in [0, 0.1) is 0 Å². The molecule has 0 aromatic heterocycles. The van der Waals surface area contributed by atoms with Gasteiger partial charge in [-0.15, -0.1) is 0 Å². The SMILES string of the molecule is CC(C)(C)c1ccc(-c2ccc(C(F)(F)Oc3ccccc3CN(CCCCC(=O)O)Cc3ccc(C(=O)O)cc3)cc2)cc1. The summed E-state index contributed by atoms with van der Waals surface area (Å²) in [6.45, 7) is 7.60. The first-order chi connectivity index (χ1) is 21.3. The van der Waals surface area contributed by atoms with Crippen molar-refractivity contribution < 1.29 is 33.3 Å². The van der Waals surface area contributed by atoms with Gasteiger partial charge in [0.2, 0.25) is 0 Å². The van der Waals surface area contributed by atoms with E-state index in [2.05, 4.69) is 32.9 Å². The maximum Gasteiger partial charge on any atom is 0.426 e. The van der Waals surface area contributed by atoms with Gasteiger partial charge in [0.25, 0.3) is 0 Å². The molecule has 0 heterocycles. The number of rotatable bonds is 14. The Hall–Kier alpha value is -4.56. The molecular formula is C37H39F2NO5. The lowest BCUT2D eigenvalue weighted by molar-refractivity contribution is -0.186. The molecule has 0 spiro atoms. The van der Waals surface area contributed by atoms with Crippen LogP contribution in [0.25, 0.3) is 11.1 Å². The lowest BCUT2D eigenvalue weighted by atomic mass is 9.86. The Morgan fingerprint density at radius 1 is 0.733 bits per heavy atom. The maximum absolute atomic E-state index is 15.5. The number of aliphatic carboxylic acids is 1. The Morgan fingerprint density at radius 3 is 1.87 bits per heavy atom. The summed E-state index contributed by atoms with van der Waals surface area (Å²) in [7, 11) is 0. The zero-order valence-electron chi connectivity index (χ0n) is 25.8. The predicted octanol–water partition coefficient (Wildman–Crippen LogP) is 8.73. The van der Waals surface area contributed by atoms with Crippen LogP contribution in [0.3, 0.4) is 0 Å². The van der Waals surface area contributed by atoms with Crippen molar-refractivity contribution in [3.05, 3.63) is 125 Å². The van der Waals surface area contributed by atoms with Crippen molar-refractivity contribution >= 4 is 11.9 Å². The molecule has 0 radical (unpaired) electrons. The molecule has 45 heavy (non-hydrogen) atoms. The van der Waals surface area contributed by atoms with E-state index in [1.54, 1.807) is 42.5 Å². The molecule has 0 aliphatic rings. The smallest absolute Gasteiger partial charge is 0.426 e. The van der Waals surface area contributed by atoms with Gasteiger partial charge < -0.3 is 14.9 Å². The van der Waals surface area contributed by atoms with E-state index < -0.39 is 18.0 Å². The van der Waals surface area contributed by atoms with E-state index >= 15 is 8.78 Å². The molecule has 236 valence electrons. The minimum absolute atomic E-state index is 0.0169. The topological polar surface area (TPSA) is 87.1 Å². The molecule has 0 bridgehead atoms. The number of hydrogen-bond donors (Lipinski definition) is 2. The van der Waals surface area contributed by atoms with Crippen molar-refractivity contribution in [2.45, 2.75) is 64.6 Å². The van der Waals surface area contributed by atoms with Crippen LogP contribution >= 0.6 is 0 Å². The molecule has 0 amide bonds. The molecule has 4 rings (SSSR count). The third-order valence-electron chi connectivity index (χ3n) is 7.63. The minimum atomic E-state index is -3.59. The van der Waals surface area contributed by atoms with Gasteiger partial charge in [0.1, 0.15) is 5.75 Å². The molecule has 4 aromatic carbocycles. The monoisotopic (exact) mass is 615 g/mol. The molecular weight excluding hydrogens is 576 g/mol. The van der Waals surface area contributed by atoms with Crippen LogP contribution in [-0.4, -0.2) is 33.6 Å². The molecule has 0 saturated carbocycles. The van der Waals surface area contributed by atoms with Crippen LogP contribution in [0.5, 0.6) is 5.75 Å². The highest BCUT2D eigenvalue weighted by Crippen LogP contribution is 2.35. The summed E-state index contributed by atoms with van der Waals surface area (Å²) in [4.78, 5) is 24.3. The average molecular weight is 616 g/mol. The van der Waals surface area contributed by atoms with Crippen molar-refractivity contribution in [1.29, 1.82) is 0 Å². The molecule has 0 aliphatic heterocycles. The number of ether oxygens (including phenoxy) is 1. The van der Waals surface area contributed by atoms with Crippen LogP contribution in [0.1, 0.15) is 72.6 Å². The summed E-state index contributed by atoms with van der Waals surface area (Å²) < 4.78 is 36.4. The maximum atomic E-state index is 15.5. The second-order valence-corrected chi connectivity index (χ2v) is 12.2. The molecule has 0 aliphatic carbocycles. The van der Waals surface area contributed by atoms with Crippen LogP contribution in [0.15, 0.2) is 97.1 Å². The van der Waals surface area contributed by atoms with Gasteiger partial charge in [-0.3, -0.25) is 9.69 Å². The van der Waals surface area contributed by atoms with Gasteiger partial charge >= 0.3 is 18.0 Å². The number of aromatic carboxylic acids is 1. The van der Waals surface area contributed by atoms with Crippen LogP contribution in [0.4, 0.5) is 8.78 Å². The molecule has 6 nitrogen and oxygen atoms in total. The first kappa shape index (κ1) is 33.3. The third kappa shape index (κ3) is 9.46. The lowest BCUT2D eigenvalue weighted by Crippen LogP contribution is -2.26. The highest BCUT2D eigenvalue weighted by atomic mass is 19.3. The van der Waals surface area contributed by atoms with Crippen molar-refractivity contribution in [1.82, 2.24) is 4.90 Å². The Labute approximate surface area is 262 Å². The first-order valence-electron chi connectivity index (χ1n) is 14.9. The summed E-state index contributed by atoms with van der Waals surface area (Å²) in [5.74, 6) is -1.86. The lowest BCUT2D eigenvalue weighted by Gasteiger charge is -2.25. The molecule has 0 fully saturated rings. The number of unbranched alkanes of at least 4 members (excludes halogenated alkanes) is 1. The van der Waals surface area contributed by atoms with Gasteiger partial charge in [0, 0.05) is 25.1 Å². The Kier molecular flexibility index (Phi) is 10.7. The summed E-state index contributed by atoms with van der Waals surface area (Å²) in [6, 6.07) is 27.3. The van der Waals surface area contributed by atoms with Gasteiger partial charge in [-0.1, -0.05) is 87.5 Å². The molecule has 8 heteroatoms. The van der Waals surface area contributed by atoms with Gasteiger partial charge in [0.05, 0.1) is 11.1 Å². The van der Waals surface area contributed by atoms with E-state index in [1.807, 2.05) is 17.0 Å². The highest BCUT2D eigenvalue weighted by molar-refractivity contribution is 5.87. The van der Waals surface area contributed by atoms with Crippen molar-refractivity contribution in [2.75, 3.05) is 6.54 Å². The quantitative estimate of drug-likeness (QED) is 0.138. The Morgan fingerprint density at radius 2 is 1.31 bits per heavy atom. The Balaban J connectivity index is 1.50. The third-order valence-corrected chi connectivity index (χ3v) is 7.63. The fourth-order valence-corrected chi connectivity index (χ4v) is 5.03. The Bertz CT molecular complexity index is 1580. The molecule has 0 unspecified atom stereocenters. The molecule has 0 atom stereocenters. The van der Waals surface area contributed by atoms with Gasteiger partial charge in [0.15, 0.2) is 0 Å². The second-order valence-electron chi connectivity index (χ2n) is 12.2. The zero-order chi connectivity index (χ0) is 32.6. The summed E-state index contributed by atoms with van der Waals surface area (Å²) in [5, 5.41) is 18.2. The van der Waals surface area contributed by atoms with Crippen LogP contribution < -0.4 is 4.74 Å². The van der Waals surface area contributed by atoms with E-state index in [0.29, 0.717) is 31.5 Å². The number of para-hydroxylation sites is 1. The largest absolute Gasteiger partial charge is 0.481 e. The molecule has 4 aromatic rings. The summed E-state index contributed by atoms with van der Waals surface area (Å²) >= 11 is 0. The number of alkyl halides is 2. The van der Waals surface area contributed by atoms with E-state index in [0.717, 1.165) is 16.7 Å². The number of hydrogen-bond acceptors (Lipinski definition) is 4. The minimum Gasteiger partial charge on any atom is -0.481 e. The van der Waals surface area contributed by atoms with E-state index in [4.69, 9.17) is 9.84 Å². The number of benzene rings is 4.